The predicted molar refractivity (Wildman–Crippen MR) is 108 cm³/mol. The highest BCUT2D eigenvalue weighted by Crippen LogP contribution is 2.18. The molecule has 0 amide bonds. The highest BCUT2D eigenvalue weighted by molar-refractivity contribution is 7.80. The van der Waals surface area contributed by atoms with E-state index in [1.807, 2.05) is 36.4 Å². The Kier molecular flexibility index (Phi) is 5.65. The maximum absolute atomic E-state index is 5.86. The lowest BCUT2D eigenvalue weighted by Crippen LogP contribution is -2.18. The van der Waals surface area contributed by atoms with E-state index in [-0.39, 0.29) is 0 Å². The number of hydrogen-bond donors (Lipinski definition) is 3. The lowest BCUT2D eigenvalue weighted by molar-refractivity contribution is 1.04. The highest BCUT2D eigenvalue weighted by atomic mass is 35.5. The summed E-state index contributed by atoms with van der Waals surface area (Å²) in [6.07, 6.45) is 0. The molecule has 0 saturated carbocycles. The standard InChI is InChI=1S/C17H13Cl2N5S/c18-11-1-3-13(4-2-11)21-17(25)22-14-7-5-12(6-8-14)20-16-10-9-15(19)23-24-16/h1-10H,(H,20,24)(H2,21,22,25). The van der Waals surface area contributed by atoms with E-state index in [1.165, 1.54) is 0 Å². The average molecular weight is 390 g/mol. The fourth-order valence-corrected chi connectivity index (χ4v) is 2.46. The van der Waals surface area contributed by atoms with E-state index in [9.17, 15) is 0 Å². The third-order valence-corrected chi connectivity index (χ3v) is 3.81. The second kappa shape index (κ2) is 8.11. The van der Waals surface area contributed by atoms with Gasteiger partial charge in [-0.15, -0.1) is 10.2 Å². The quantitative estimate of drug-likeness (QED) is 0.523. The van der Waals surface area contributed by atoms with Crippen LogP contribution in [0.3, 0.4) is 0 Å². The summed E-state index contributed by atoms with van der Waals surface area (Å²) in [5.41, 5.74) is 2.60. The van der Waals surface area contributed by atoms with Crippen molar-refractivity contribution in [2.24, 2.45) is 0 Å². The monoisotopic (exact) mass is 389 g/mol. The Morgan fingerprint density at radius 2 is 1.28 bits per heavy atom. The first-order chi connectivity index (χ1) is 12.1. The summed E-state index contributed by atoms with van der Waals surface area (Å²) in [6, 6.07) is 18.4. The van der Waals surface area contributed by atoms with Gasteiger partial charge in [-0.1, -0.05) is 23.2 Å². The van der Waals surface area contributed by atoms with E-state index in [2.05, 4.69) is 26.1 Å². The van der Waals surface area contributed by atoms with E-state index in [0.717, 1.165) is 17.1 Å². The number of nitrogens with one attached hydrogen (secondary N) is 3. The summed E-state index contributed by atoms with van der Waals surface area (Å²) < 4.78 is 0. The smallest absolute Gasteiger partial charge is 0.175 e. The molecular weight excluding hydrogens is 377 g/mol. The summed E-state index contributed by atoms with van der Waals surface area (Å²) in [7, 11) is 0. The normalized spacial score (nSPS) is 10.2. The Bertz CT molecular complexity index is 852. The number of aromatic nitrogens is 2. The molecule has 0 saturated heterocycles. The molecule has 1 heterocycles. The zero-order valence-corrected chi connectivity index (χ0v) is 15.2. The maximum atomic E-state index is 5.86. The van der Waals surface area contributed by atoms with Crippen LogP contribution in [0.1, 0.15) is 0 Å². The van der Waals surface area contributed by atoms with Gasteiger partial charge in [0.25, 0.3) is 0 Å². The fourth-order valence-electron chi connectivity index (χ4n) is 1.99. The molecule has 3 aromatic rings. The summed E-state index contributed by atoms with van der Waals surface area (Å²) in [4.78, 5) is 0. The van der Waals surface area contributed by atoms with Crippen LogP contribution in [0.5, 0.6) is 0 Å². The number of benzene rings is 2. The van der Waals surface area contributed by atoms with Crippen molar-refractivity contribution in [3.63, 3.8) is 0 Å². The van der Waals surface area contributed by atoms with Crippen molar-refractivity contribution in [2.45, 2.75) is 0 Å². The van der Waals surface area contributed by atoms with Crippen LogP contribution in [0.25, 0.3) is 0 Å². The number of nitrogens with zero attached hydrogens (tertiary/aromatic N) is 2. The van der Waals surface area contributed by atoms with Gasteiger partial charge in [0.15, 0.2) is 16.1 Å². The molecule has 3 rings (SSSR count). The largest absolute Gasteiger partial charge is 0.339 e. The van der Waals surface area contributed by atoms with Crippen LogP contribution in [0.15, 0.2) is 60.7 Å². The molecule has 126 valence electrons. The van der Waals surface area contributed by atoms with E-state index in [0.29, 0.717) is 21.1 Å². The minimum atomic E-state index is 0.354. The minimum Gasteiger partial charge on any atom is -0.339 e. The maximum Gasteiger partial charge on any atom is 0.175 e. The van der Waals surface area contributed by atoms with Gasteiger partial charge >= 0.3 is 0 Å². The second-order valence-corrected chi connectivity index (χ2v) is 6.26. The molecule has 25 heavy (non-hydrogen) atoms. The molecule has 5 nitrogen and oxygen atoms in total. The third-order valence-electron chi connectivity index (χ3n) is 3.15. The van der Waals surface area contributed by atoms with E-state index in [1.54, 1.807) is 24.3 Å². The van der Waals surface area contributed by atoms with Crippen molar-refractivity contribution in [3.8, 4) is 0 Å². The molecule has 0 aliphatic rings. The number of thiocarbonyl (C=S) groups is 1. The summed E-state index contributed by atoms with van der Waals surface area (Å²) in [5.74, 6) is 0.616. The minimum absolute atomic E-state index is 0.354. The van der Waals surface area contributed by atoms with Crippen LogP contribution in [-0.2, 0) is 0 Å². The van der Waals surface area contributed by atoms with Crippen molar-refractivity contribution in [1.82, 2.24) is 10.2 Å². The lowest BCUT2D eigenvalue weighted by Gasteiger charge is -2.11. The Morgan fingerprint density at radius 1 is 0.720 bits per heavy atom. The first kappa shape index (κ1) is 17.4. The molecule has 1 aromatic heterocycles. The molecule has 3 N–H and O–H groups in total. The van der Waals surface area contributed by atoms with Gasteiger partial charge in [0, 0.05) is 22.1 Å². The van der Waals surface area contributed by atoms with Crippen LogP contribution in [0.4, 0.5) is 22.9 Å². The van der Waals surface area contributed by atoms with Crippen LogP contribution in [0, 0.1) is 0 Å². The molecule has 0 spiro atoms. The Hall–Kier alpha value is -2.41. The number of hydrogen-bond acceptors (Lipinski definition) is 4. The molecular formula is C17H13Cl2N5S. The summed E-state index contributed by atoms with van der Waals surface area (Å²) in [6.45, 7) is 0. The van der Waals surface area contributed by atoms with Crippen LogP contribution in [0.2, 0.25) is 10.2 Å². The van der Waals surface area contributed by atoms with Crippen LogP contribution < -0.4 is 16.0 Å². The summed E-state index contributed by atoms with van der Waals surface area (Å²) in [5, 5.41) is 18.6. The van der Waals surface area contributed by atoms with Crippen molar-refractivity contribution in [1.29, 1.82) is 0 Å². The lowest BCUT2D eigenvalue weighted by atomic mass is 10.3. The van der Waals surface area contributed by atoms with Crippen LogP contribution in [-0.4, -0.2) is 15.3 Å². The molecule has 0 atom stereocenters. The molecule has 0 fully saturated rings. The first-order valence-electron chi connectivity index (χ1n) is 7.28. The van der Waals surface area contributed by atoms with Gasteiger partial charge in [-0.2, -0.15) is 0 Å². The summed E-state index contributed by atoms with van der Waals surface area (Å²) >= 11 is 16.9. The zero-order chi connectivity index (χ0) is 17.6. The number of anilines is 4. The van der Waals surface area contributed by atoms with Gasteiger partial charge in [0.2, 0.25) is 0 Å². The molecule has 0 aliphatic heterocycles. The van der Waals surface area contributed by atoms with E-state index in [4.69, 9.17) is 35.4 Å². The SMILES string of the molecule is S=C(Nc1ccc(Cl)cc1)Nc1ccc(Nc2ccc(Cl)nn2)cc1. The predicted octanol–water partition coefficient (Wildman–Crippen LogP) is 5.34. The van der Waals surface area contributed by atoms with Crippen molar-refractivity contribution in [3.05, 3.63) is 70.8 Å². The van der Waals surface area contributed by atoms with Gasteiger partial charge in [-0.3, -0.25) is 0 Å². The zero-order valence-electron chi connectivity index (χ0n) is 12.8. The molecule has 0 unspecified atom stereocenters. The molecule has 0 bridgehead atoms. The highest BCUT2D eigenvalue weighted by Gasteiger charge is 2.01. The molecule has 0 radical (unpaired) electrons. The Labute approximate surface area is 160 Å². The van der Waals surface area contributed by atoms with Crippen molar-refractivity contribution < 1.29 is 0 Å². The van der Waals surface area contributed by atoms with Crippen LogP contribution >= 0.6 is 35.4 Å². The van der Waals surface area contributed by atoms with E-state index >= 15 is 0 Å². The van der Waals surface area contributed by atoms with Gasteiger partial charge in [0.1, 0.15) is 0 Å². The number of halogens is 2. The second-order valence-electron chi connectivity index (χ2n) is 5.03. The van der Waals surface area contributed by atoms with Gasteiger partial charge in [-0.25, -0.2) is 0 Å². The van der Waals surface area contributed by atoms with Gasteiger partial charge in [-0.05, 0) is 72.9 Å². The average Bonchev–Trinajstić information content (AvgIpc) is 2.61. The molecule has 2 aromatic carbocycles. The van der Waals surface area contributed by atoms with Crippen molar-refractivity contribution >= 4 is 63.4 Å². The first-order valence-corrected chi connectivity index (χ1v) is 8.45. The van der Waals surface area contributed by atoms with E-state index < -0.39 is 0 Å². The fraction of sp³-hybridized carbons (Fsp3) is 0. The van der Waals surface area contributed by atoms with Gasteiger partial charge < -0.3 is 16.0 Å². The van der Waals surface area contributed by atoms with Crippen molar-refractivity contribution in [2.75, 3.05) is 16.0 Å². The molecule has 8 heteroatoms. The third kappa shape index (κ3) is 5.29. The topological polar surface area (TPSA) is 61.9 Å². The Balaban J connectivity index is 1.57. The number of rotatable bonds is 4. The molecule has 0 aliphatic carbocycles. The van der Waals surface area contributed by atoms with Gasteiger partial charge in [0.05, 0.1) is 0 Å². The Morgan fingerprint density at radius 3 is 1.84 bits per heavy atom.